The zero-order chi connectivity index (χ0) is 19.0. The molecule has 0 radical (unpaired) electrons. The van der Waals surface area contributed by atoms with Crippen LogP contribution in [0.25, 0.3) is 10.9 Å². The molecular weight excluding hydrogens is 340 g/mol. The van der Waals surface area contributed by atoms with Crippen LogP contribution in [-0.4, -0.2) is 39.0 Å². The van der Waals surface area contributed by atoms with E-state index < -0.39 is 0 Å². The van der Waals surface area contributed by atoms with Crippen molar-refractivity contribution < 1.29 is 9.32 Å². The fraction of sp³-hybridized carbons (Fsp3) is 0.429. The van der Waals surface area contributed by atoms with E-state index in [1.807, 2.05) is 36.9 Å². The summed E-state index contributed by atoms with van der Waals surface area (Å²) in [4.78, 5) is 23.9. The molecule has 0 spiro atoms. The predicted octanol–water partition coefficient (Wildman–Crippen LogP) is 3.49. The van der Waals surface area contributed by atoms with Crippen molar-refractivity contribution >= 4 is 16.8 Å². The van der Waals surface area contributed by atoms with Gasteiger partial charge >= 0.3 is 0 Å². The van der Waals surface area contributed by atoms with Gasteiger partial charge in [-0.05, 0) is 50.8 Å². The monoisotopic (exact) mass is 364 g/mol. The number of amides is 1. The molecule has 140 valence electrons. The Morgan fingerprint density at radius 2 is 1.89 bits per heavy atom. The number of rotatable bonds is 3. The fourth-order valence-electron chi connectivity index (χ4n) is 3.95. The lowest BCUT2D eigenvalue weighted by Crippen LogP contribution is -2.39. The van der Waals surface area contributed by atoms with Crippen LogP contribution < -0.4 is 0 Å². The van der Waals surface area contributed by atoms with Gasteiger partial charge in [0, 0.05) is 30.1 Å². The van der Waals surface area contributed by atoms with Gasteiger partial charge in [-0.1, -0.05) is 23.4 Å². The summed E-state index contributed by atoms with van der Waals surface area (Å²) in [5.41, 5.74) is 4.13. The SMILES string of the molecule is Cc1noc(C2CCN(C(=O)Cc3c(C)nc4ccccc4c3C)CC2)n1. The van der Waals surface area contributed by atoms with Gasteiger partial charge in [-0.25, -0.2) is 0 Å². The lowest BCUT2D eigenvalue weighted by atomic mass is 9.95. The van der Waals surface area contributed by atoms with Crippen LogP contribution in [0.4, 0.5) is 0 Å². The van der Waals surface area contributed by atoms with E-state index in [4.69, 9.17) is 9.51 Å². The maximum absolute atomic E-state index is 12.9. The number of benzene rings is 1. The second kappa shape index (κ2) is 7.10. The third kappa shape index (κ3) is 3.44. The highest BCUT2D eigenvalue weighted by atomic mass is 16.5. The summed E-state index contributed by atoms with van der Waals surface area (Å²) >= 11 is 0. The van der Waals surface area contributed by atoms with Crippen LogP contribution in [0.3, 0.4) is 0 Å². The van der Waals surface area contributed by atoms with Crippen LogP contribution in [-0.2, 0) is 11.2 Å². The molecule has 6 nitrogen and oxygen atoms in total. The Hall–Kier alpha value is -2.76. The number of aryl methyl sites for hydroxylation is 3. The number of carbonyl (C=O) groups is 1. The molecule has 0 unspecified atom stereocenters. The van der Waals surface area contributed by atoms with Crippen LogP contribution in [0.15, 0.2) is 28.8 Å². The Labute approximate surface area is 158 Å². The van der Waals surface area contributed by atoms with Gasteiger partial charge in [0.05, 0.1) is 11.9 Å². The molecule has 1 amide bonds. The highest BCUT2D eigenvalue weighted by Gasteiger charge is 2.27. The molecular formula is C21H24N4O2. The minimum absolute atomic E-state index is 0.165. The van der Waals surface area contributed by atoms with Gasteiger partial charge < -0.3 is 9.42 Å². The molecule has 3 aromatic rings. The van der Waals surface area contributed by atoms with Crippen LogP contribution in [0.5, 0.6) is 0 Å². The molecule has 1 fully saturated rings. The number of carbonyl (C=O) groups excluding carboxylic acids is 1. The number of hydrogen-bond donors (Lipinski definition) is 0. The summed E-state index contributed by atoms with van der Waals surface area (Å²) in [6.07, 6.45) is 2.13. The third-order valence-electron chi connectivity index (χ3n) is 5.55. The second-order valence-corrected chi connectivity index (χ2v) is 7.33. The molecule has 0 atom stereocenters. The normalized spacial score (nSPS) is 15.4. The lowest BCUT2D eigenvalue weighted by Gasteiger charge is -2.30. The molecule has 1 aromatic carbocycles. The van der Waals surface area contributed by atoms with Gasteiger partial charge in [0.2, 0.25) is 11.8 Å². The second-order valence-electron chi connectivity index (χ2n) is 7.33. The Morgan fingerprint density at radius 3 is 2.59 bits per heavy atom. The van der Waals surface area contributed by atoms with Gasteiger partial charge in [0.15, 0.2) is 5.82 Å². The highest BCUT2D eigenvalue weighted by molar-refractivity contribution is 5.86. The summed E-state index contributed by atoms with van der Waals surface area (Å²) in [5.74, 6) is 1.78. The van der Waals surface area contributed by atoms with E-state index in [0.29, 0.717) is 18.1 Å². The number of aromatic nitrogens is 3. The van der Waals surface area contributed by atoms with E-state index in [0.717, 1.165) is 53.7 Å². The van der Waals surface area contributed by atoms with E-state index in [2.05, 4.69) is 23.1 Å². The Kier molecular flexibility index (Phi) is 4.64. The molecule has 1 saturated heterocycles. The van der Waals surface area contributed by atoms with Crippen molar-refractivity contribution in [1.82, 2.24) is 20.0 Å². The minimum atomic E-state index is 0.165. The summed E-state index contributed by atoms with van der Waals surface area (Å²) in [5, 5.41) is 4.99. The van der Waals surface area contributed by atoms with Crippen molar-refractivity contribution in [3.8, 4) is 0 Å². The molecule has 0 bridgehead atoms. The van der Waals surface area contributed by atoms with Gasteiger partial charge in [0.25, 0.3) is 0 Å². The first-order valence-corrected chi connectivity index (χ1v) is 9.45. The standard InChI is InChI=1S/C21H24N4O2/c1-13-17-6-4-5-7-19(17)22-14(2)18(13)12-20(26)25-10-8-16(9-11-25)21-23-15(3)24-27-21/h4-7,16H,8-12H2,1-3H3. The largest absolute Gasteiger partial charge is 0.342 e. The van der Waals surface area contributed by atoms with Gasteiger partial charge in [-0.3, -0.25) is 9.78 Å². The molecule has 0 aliphatic carbocycles. The quantitative estimate of drug-likeness (QED) is 0.711. The third-order valence-corrected chi connectivity index (χ3v) is 5.55. The Morgan fingerprint density at radius 1 is 1.15 bits per heavy atom. The molecule has 6 heteroatoms. The van der Waals surface area contributed by atoms with Crippen molar-refractivity contribution in [1.29, 1.82) is 0 Å². The summed E-state index contributed by atoms with van der Waals surface area (Å²) in [6, 6.07) is 8.10. The lowest BCUT2D eigenvalue weighted by molar-refractivity contribution is -0.131. The van der Waals surface area contributed by atoms with Gasteiger partial charge in [-0.15, -0.1) is 0 Å². The van der Waals surface area contributed by atoms with Gasteiger partial charge in [0.1, 0.15) is 0 Å². The fourth-order valence-corrected chi connectivity index (χ4v) is 3.95. The zero-order valence-corrected chi connectivity index (χ0v) is 16.0. The number of piperidine rings is 1. The molecule has 27 heavy (non-hydrogen) atoms. The van der Waals surface area contributed by atoms with Crippen LogP contribution >= 0.6 is 0 Å². The van der Waals surface area contributed by atoms with Crippen LogP contribution in [0.1, 0.15) is 47.3 Å². The number of likely N-dealkylation sites (tertiary alicyclic amines) is 1. The van der Waals surface area contributed by atoms with Gasteiger partial charge in [-0.2, -0.15) is 4.98 Å². The molecule has 1 aliphatic heterocycles. The zero-order valence-electron chi connectivity index (χ0n) is 16.0. The highest BCUT2D eigenvalue weighted by Crippen LogP contribution is 2.28. The van der Waals surface area contributed by atoms with Crippen molar-refractivity contribution in [3.63, 3.8) is 0 Å². The van der Waals surface area contributed by atoms with Crippen molar-refractivity contribution in [3.05, 3.63) is 52.8 Å². The topological polar surface area (TPSA) is 72.1 Å². The number of hydrogen-bond acceptors (Lipinski definition) is 5. The first-order chi connectivity index (χ1) is 13.0. The van der Waals surface area contributed by atoms with Crippen molar-refractivity contribution in [2.45, 2.75) is 46.0 Å². The first-order valence-electron chi connectivity index (χ1n) is 9.45. The van der Waals surface area contributed by atoms with E-state index in [9.17, 15) is 4.79 Å². The maximum atomic E-state index is 12.9. The Balaban J connectivity index is 1.46. The number of nitrogens with zero attached hydrogens (tertiary/aromatic N) is 4. The van der Waals surface area contributed by atoms with Crippen LogP contribution in [0, 0.1) is 20.8 Å². The van der Waals surface area contributed by atoms with E-state index >= 15 is 0 Å². The molecule has 3 heterocycles. The predicted molar refractivity (Wildman–Crippen MR) is 103 cm³/mol. The smallest absolute Gasteiger partial charge is 0.229 e. The average Bonchev–Trinajstić information content (AvgIpc) is 3.11. The summed E-state index contributed by atoms with van der Waals surface area (Å²) in [6.45, 7) is 7.36. The molecule has 0 saturated carbocycles. The number of para-hydroxylation sites is 1. The molecule has 1 aliphatic rings. The molecule has 2 aromatic heterocycles. The number of fused-ring (bicyclic) bond motifs is 1. The van der Waals surface area contributed by atoms with Crippen molar-refractivity contribution in [2.75, 3.05) is 13.1 Å². The minimum Gasteiger partial charge on any atom is -0.342 e. The maximum Gasteiger partial charge on any atom is 0.229 e. The van der Waals surface area contributed by atoms with E-state index in [1.165, 1.54) is 0 Å². The number of pyridine rings is 1. The van der Waals surface area contributed by atoms with E-state index in [1.54, 1.807) is 0 Å². The van der Waals surface area contributed by atoms with E-state index in [-0.39, 0.29) is 11.8 Å². The summed E-state index contributed by atoms with van der Waals surface area (Å²) in [7, 11) is 0. The molecule has 0 N–H and O–H groups in total. The average molecular weight is 364 g/mol. The first kappa shape index (κ1) is 17.6. The summed E-state index contributed by atoms with van der Waals surface area (Å²) < 4.78 is 5.29. The Bertz CT molecular complexity index is 987. The molecule has 4 rings (SSSR count). The van der Waals surface area contributed by atoms with Crippen LogP contribution in [0.2, 0.25) is 0 Å². The van der Waals surface area contributed by atoms with Crippen molar-refractivity contribution in [2.24, 2.45) is 0 Å².